The molecule has 0 radical (unpaired) electrons. The molecule has 2 aromatic carbocycles. The molecule has 0 aliphatic heterocycles. The third-order valence-corrected chi connectivity index (χ3v) is 4.39. The highest BCUT2D eigenvalue weighted by atomic mass is 16.5. The first kappa shape index (κ1) is 15.5. The maximum absolute atomic E-state index is 5.97. The number of hydrogen-bond donors (Lipinski definition) is 0. The summed E-state index contributed by atoms with van der Waals surface area (Å²) in [6, 6.07) is 20.2. The Bertz CT molecular complexity index is 1230. The van der Waals surface area contributed by atoms with Crippen LogP contribution in [-0.2, 0) is 6.61 Å². The normalized spacial score (nSPS) is 11.1. The molecule has 0 fully saturated rings. The van der Waals surface area contributed by atoms with Crippen molar-refractivity contribution in [3.63, 3.8) is 0 Å². The monoisotopic (exact) mass is 353 g/mol. The fourth-order valence-corrected chi connectivity index (χ4v) is 3.07. The standard InChI is InChI=1S/C21H15N5O/c1-2-6-16-11-17(9-8-15(16)5-1)21-25-24-19-12-22-13-20(26(19)21)27-14-18-7-3-4-10-23-18/h1-13H,14H2. The van der Waals surface area contributed by atoms with Gasteiger partial charge in [0.05, 0.1) is 18.1 Å². The molecule has 6 nitrogen and oxygen atoms in total. The van der Waals surface area contributed by atoms with Crippen LogP contribution in [0, 0.1) is 0 Å². The lowest BCUT2D eigenvalue weighted by molar-refractivity contribution is 0.284. The van der Waals surface area contributed by atoms with Gasteiger partial charge in [-0.25, -0.2) is 4.40 Å². The Morgan fingerprint density at radius 2 is 1.74 bits per heavy atom. The number of aromatic nitrogens is 5. The molecule has 0 spiro atoms. The van der Waals surface area contributed by atoms with Crippen LogP contribution in [0.15, 0.2) is 79.3 Å². The van der Waals surface area contributed by atoms with E-state index in [-0.39, 0.29) is 0 Å². The minimum absolute atomic E-state index is 0.344. The highest BCUT2D eigenvalue weighted by Crippen LogP contribution is 2.26. The first-order valence-corrected chi connectivity index (χ1v) is 8.59. The zero-order chi connectivity index (χ0) is 18.1. The Balaban J connectivity index is 1.58. The smallest absolute Gasteiger partial charge is 0.220 e. The lowest BCUT2D eigenvalue weighted by atomic mass is 10.1. The van der Waals surface area contributed by atoms with E-state index in [0.717, 1.165) is 16.6 Å². The van der Waals surface area contributed by atoms with Crippen molar-refractivity contribution in [3.8, 4) is 17.3 Å². The first-order valence-electron chi connectivity index (χ1n) is 8.59. The highest BCUT2D eigenvalue weighted by Gasteiger charge is 2.13. The summed E-state index contributed by atoms with van der Waals surface area (Å²) in [5.74, 6) is 1.29. The molecule has 0 bridgehead atoms. The molecule has 5 aromatic rings. The van der Waals surface area contributed by atoms with Crippen molar-refractivity contribution in [2.75, 3.05) is 0 Å². The van der Waals surface area contributed by atoms with Crippen molar-refractivity contribution < 1.29 is 4.74 Å². The molecule has 0 aliphatic carbocycles. The topological polar surface area (TPSA) is 65.2 Å². The van der Waals surface area contributed by atoms with Gasteiger partial charge in [-0.05, 0) is 29.0 Å². The van der Waals surface area contributed by atoms with Crippen LogP contribution in [0.2, 0.25) is 0 Å². The molecule has 3 heterocycles. The fourth-order valence-electron chi connectivity index (χ4n) is 3.07. The van der Waals surface area contributed by atoms with Gasteiger partial charge in [0.25, 0.3) is 0 Å². The van der Waals surface area contributed by atoms with E-state index in [2.05, 4.69) is 44.4 Å². The predicted molar refractivity (Wildman–Crippen MR) is 102 cm³/mol. The second-order valence-corrected chi connectivity index (χ2v) is 6.13. The number of benzene rings is 2. The maximum Gasteiger partial charge on any atom is 0.220 e. The zero-order valence-corrected chi connectivity index (χ0v) is 14.4. The number of fused-ring (bicyclic) bond motifs is 2. The molecule has 5 rings (SSSR count). The second kappa shape index (κ2) is 6.49. The molecular weight excluding hydrogens is 338 g/mol. The molecule has 3 aromatic heterocycles. The molecule has 0 amide bonds. The van der Waals surface area contributed by atoms with Gasteiger partial charge >= 0.3 is 0 Å². The largest absolute Gasteiger partial charge is 0.471 e. The molecule has 0 aliphatic rings. The molecule has 0 unspecified atom stereocenters. The van der Waals surface area contributed by atoms with Crippen molar-refractivity contribution in [1.29, 1.82) is 0 Å². The summed E-state index contributed by atoms with van der Waals surface area (Å²) in [6.07, 6.45) is 5.09. The Morgan fingerprint density at radius 1 is 0.852 bits per heavy atom. The third-order valence-electron chi connectivity index (χ3n) is 4.39. The molecule has 0 atom stereocenters. The number of rotatable bonds is 4. The number of pyridine rings is 1. The Kier molecular flexibility index (Phi) is 3.72. The minimum Gasteiger partial charge on any atom is -0.471 e. The van der Waals surface area contributed by atoms with Crippen molar-refractivity contribution in [1.82, 2.24) is 24.6 Å². The third kappa shape index (κ3) is 2.87. The van der Waals surface area contributed by atoms with Gasteiger partial charge < -0.3 is 4.74 Å². The van der Waals surface area contributed by atoms with E-state index in [1.807, 2.05) is 40.8 Å². The van der Waals surface area contributed by atoms with Gasteiger partial charge in [0, 0.05) is 11.8 Å². The van der Waals surface area contributed by atoms with Crippen LogP contribution < -0.4 is 4.74 Å². The van der Waals surface area contributed by atoms with E-state index in [9.17, 15) is 0 Å². The fraction of sp³-hybridized carbons (Fsp3) is 0.0476. The summed E-state index contributed by atoms with van der Waals surface area (Å²) in [5.41, 5.74) is 2.45. The van der Waals surface area contributed by atoms with Crippen LogP contribution in [0.1, 0.15) is 5.69 Å². The summed E-state index contributed by atoms with van der Waals surface area (Å²) in [5, 5.41) is 10.9. The van der Waals surface area contributed by atoms with E-state index in [1.165, 1.54) is 5.39 Å². The minimum atomic E-state index is 0.344. The van der Waals surface area contributed by atoms with Gasteiger partial charge in [0.1, 0.15) is 6.61 Å². The maximum atomic E-state index is 5.97. The lowest BCUT2D eigenvalue weighted by Gasteiger charge is -2.09. The van der Waals surface area contributed by atoms with Crippen LogP contribution in [0.3, 0.4) is 0 Å². The van der Waals surface area contributed by atoms with Crippen molar-refractivity contribution in [3.05, 3.63) is 84.9 Å². The number of hydrogen-bond acceptors (Lipinski definition) is 5. The van der Waals surface area contributed by atoms with Gasteiger partial charge in [-0.1, -0.05) is 42.5 Å². The SMILES string of the molecule is c1ccc(COc2cncc3nnc(-c4ccc5ccccc5c4)n23)nc1. The van der Waals surface area contributed by atoms with E-state index in [1.54, 1.807) is 18.6 Å². The molecule has 130 valence electrons. The molecule has 0 saturated heterocycles. The molecule has 27 heavy (non-hydrogen) atoms. The van der Waals surface area contributed by atoms with E-state index in [0.29, 0.717) is 24.0 Å². The van der Waals surface area contributed by atoms with E-state index in [4.69, 9.17) is 4.74 Å². The first-order chi connectivity index (χ1) is 13.4. The van der Waals surface area contributed by atoms with Gasteiger partial charge in [0.2, 0.25) is 5.88 Å². The van der Waals surface area contributed by atoms with Gasteiger partial charge in [-0.15, -0.1) is 10.2 Å². The predicted octanol–water partition coefficient (Wildman–Crippen LogP) is 3.92. The molecule has 0 saturated carbocycles. The van der Waals surface area contributed by atoms with Crippen LogP contribution in [0.5, 0.6) is 5.88 Å². The molecule has 6 heteroatoms. The molecular formula is C21H15N5O. The van der Waals surface area contributed by atoms with E-state index >= 15 is 0 Å². The van der Waals surface area contributed by atoms with Crippen molar-refractivity contribution >= 4 is 16.4 Å². The summed E-state index contributed by atoms with van der Waals surface area (Å²) >= 11 is 0. The molecule has 0 N–H and O–H groups in total. The van der Waals surface area contributed by atoms with Gasteiger partial charge in [-0.3, -0.25) is 9.97 Å². The van der Waals surface area contributed by atoms with Crippen molar-refractivity contribution in [2.24, 2.45) is 0 Å². The summed E-state index contributed by atoms with van der Waals surface area (Å²) in [4.78, 5) is 8.50. The van der Waals surface area contributed by atoms with Crippen LogP contribution in [0.25, 0.3) is 27.8 Å². The highest BCUT2D eigenvalue weighted by molar-refractivity contribution is 5.86. The Morgan fingerprint density at radius 3 is 2.63 bits per heavy atom. The van der Waals surface area contributed by atoms with Crippen LogP contribution in [-0.4, -0.2) is 24.6 Å². The summed E-state index contributed by atoms with van der Waals surface area (Å²) < 4.78 is 7.85. The average molecular weight is 353 g/mol. The van der Waals surface area contributed by atoms with Gasteiger partial charge in [0.15, 0.2) is 11.5 Å². The second-order valence-electron chi connectivity index (χ2n) is 6.13. The van der Waals surface area contributed by atoms with Crippen molar-refractivity contribution in [2.45, 2.75) is 6.61 Å². The van der Waals surface area contributed by atoms with Crippen LogP contribution >= 0.6 is 0 Å². The Hall–Kier alpha value is -3.80. The van der Waals surface area contributed by atoms with Gasteiger partial charge in [-0.2, -0.15) is 0 Å². The number of nitrogens with zero attached hydrogens (tertiary/aromatic N) is 5. The summed E-state index contributed by atoms with van der Waals surface area (Å²) in [7, 11) is 0. The Labute approximate surface area is 155 Å². The average Bonchev–Trinajstić information content (AvgIpc) is 3.17. The van der Waals surface area contributed by atoms with Crippen LogP contribution in [0.4, 0.5) is 0 Å². The lowest BCUT2D eigenvalue weighted by Crippen LogP contribution is -2.03. The number of ether oxygens (including phenoxy) is 1. The van der Waals surface area contributed by atoms with E-state index < -0.39 is 0 Å². The quantitative estimate of drug-likeness (QED) is 0.490. The zero-order valence-electron chi connectivity index (χ0n) is 14.4. The summed E-state index contributed by atoms with van der Waals surface area (Å²) in [6.45, 7) is 0.344.